The van der Waals surface area contributed by atoms with Crippen molar-refractivity contribution in [3.8, 4) is 5.75 Å². The Morgan fingerprint density at radius 3 is 1.59 bits per heavy atom. The molecule has 180 valence electrons. The number of halogens is 3. The van der Waals surface area contributed by atoms with Crippen LogP contribution in [0.3, 0.4) is 0 Å². The summed E-state index contributed by atoms with van der Waals surface area (Å²) in [5.74, 6) is 2.58. The molecule has 1 nitrogen and oxygen atoms in total. The molecule has 0 heterocycles. The summed E-state index contributed by atoms with van der Waals surface area (Å²) in [5.41, 5.74) is 0.701. The molecule has 0 bridgehead atoms. The predicted molar refractivity (Wildman–Crippen MR) is 123 cm³/mol. The van der Waals surface area contributed by atoms with Crippen molar-refractivity contribution >= 4 is 0 Å². The molecule has 1 aromatic rings. The third-order valence-corrected chi connectivity index (χ3v) is 9.20. The van der Waals surface area contributed by atoms with Gasteiger partial charge in [0.25, 0.3) is 0 Å². The van der Waals surface area contributed by atoms with E-state index in [9.17, 15) is 13.2 Å². The normalized spacial score (nSPS) is 33.8. The van der Waals surface area contributed by atoms with Gasteiger partial charge in [0, 0.05) is 0 Å². The number of rotatable bonds is 7. The van der Waals surface area contributed by atoms with Crippen LogP contribution in [-0.4, -0.2) is 6.86 Å². The van der Waals surface area contributed by atoms with Gasteiger partial charge in [-0.15, -0.1) is 0 Å². The van der Waals surface area contributed by atoms with Crippen LogP contribution in [-0.2, 0) is 0 Å². The van der Waals surface area contributed by atoms with Gasteiger partial charge in [-0.25, -0.2) is 13.2 Å². The zero-order valence-electron chi connectivity index (χ0n) is 19.8. The van der Waals surface area contributed by atoms with Crippen LogP contribution >= 0.6 is 0 Å². The van der Waals surface area contributed by atoms with Crippen LogP contribution in [0.15, 0.2) is 12.1 Å². The van der Waals surface area contributed by atoms with Gasteiger partial charge < -0.3 is 4.74 Å². The second kappa shape index (κ2) is 11.3. The fourth-order valence-electron chi connectivity index (χ4n) is 7.38. The largest absolute Gasteiger partial charge is 0.457 e. The third-order valence-electron chi connectivity index (χ3n) is 9.20. The van der Waals surface area contributed by atoms with E-state index < -0.39 is 24.2 Å². The summed E-state index contributed by atoms with van der Waals surface area (Å²) in [4.78, 5) is 0. The fraction of sp³-hybridized carbons (Fsp3) is 0.786. The number of ether oxygens (including phenoxy) is 1. The van der Waals surface area contributed by atoms with Crippen molar-refractivity contribution in [3.63, 3.8) is 0 Å². The van der Waals surface area contributed by atoms with Gasteiger partial charge in [0.05, 0.1) is 0 Å². The van der Waals surface area contributed by atoms with E-state index in [1.54, 1.807) is 0 Å². The van der Waals surface area contributed by atoms with Gasteiger partial charge in [-0.05, 0) is 117 Å². The minimum absolute atomic E-state index is 0.198. The molecule has 4 rings (SSSR count). The first-order valence-corrected chi connectivity index (χ1v) is 13.3. The van der Waals surface area contributed by atoms with Crippen LogP contribution in [0.2, 0.25) is 0 Å². The Kier molecular flexibility index (Phi) is 8.45. The molecule has 4 heteroatoms. The maximum absolute atomic E-state index is 14.1. The monoisotopic (exact) mass is 450 g/mol. The Morgan fingerprint density at radius 1 is 0.719 bits per heavy atom. The SMILES string of the molecule is CCCC1CCC(C2CCC(C3CCC(c4cc(F)c(OCF)c(F)c4)CC3)CC2)CC1. The highest BCUT2D eigenvalue weighted by Crippen LogP contribution is 2.47. The Hall–Kier alpha value is -1.19. The van der Waals surface area contributed by atoms with E-state index in [0.29, 0.717) is 5.56 Å². The lowest BCUT2D eigenvalue weighted by atomic mass is 9.64. The minimum Gasteiger partial charge on any atom is -0.457 e. The lowest BCUT2D eigenvalue weighted by Gasteiger charge is -2.41. The Bertz CT molecular complexity index is 688. The summed E-state index contributed by atoms with van der Waals surface area (Å²) >= 11 is 0. The Balaban J connectivity index is 1.23. The molecule has 0 amide bonds. The van der Waals surface area contributed by atoms with E-state index in [4.69, 9.17) is 0 Å². The third kappa shape index (κ3) is 5.65. The highest BCUT2D eigenvalue weighted by atomic mass is 19.1. The summed E-state index contributed by atoms with van der Waals surface area (Å²) in [5, 5.41) is 0. The van der Waals surface area contributed by atoms with Crippen LogP contribution < -0.4 is 4.74 Å². The van der Waals surface area contributed by atoms with E-state index in [-0.39, 0.29) is 5.92 Å². The summed E-state index contributed by atoms with van der Waals surface area (Å²) in [6, 6.07) is 2.69. The molecule has 0 unspecified atom stereocenters. The molecule has 0 aliphatic heterocycles. The molecule has 0 N–H and O–H groups in total. The fourth-order valence-corrected chi connectivity index (χ4v) is 7.38. The number of hydrogen-bond donors (Lipinski definition) is 0. The van der Waals surface area contributed by atoms with Crippen molar-refractivity contribution < 1.29 is 17.9 Å². The van der Waals surface area contributed by atoms with Crippen LogP contribution in [0.25, 0.3) is 0 Å². The minimum atomic E-state index is -1.22. The molecular weight excluding hydrogens is 409 g/mol. The molecule has 3 aliphatic carbocycles. The van der Waals surface area contributed by atoms with Gasteiger partial charge in [0.2, 0.25) is 6.86 Å². The van der Waals surface area contributed by atoms with Crippen molar-refractivity contribution in [2.45, 2.75) is 103 Å². The quantitative estimate of drug-likeness (QED) is 0.403. The molecule has 0 atom stereocenters. The van der Waals surface area contributed by atoms with Crippen molar-refractivity contribution in [1.82, 2.24) is 0 Å². The molecule has 0 aromatic heterocycles. The van der Waals surface area contributed by atoms with E-state index in [0.717, 1.165) is 55.3 Å². The van der Waals surface area contributed by atoms with E-state index >= 15 is 0 Å². The molecule has 0 saturated heterocycles. The van der Waals surface area contributed by atoms with Crippen LogP contribution in [0.1, 0.15) is 108 Å². The van der Waals surface area contributed by atoms with Crippen LogP contribution in [0.5, 0.6) is 5.75 Å². The van der Waals surface area contributed by atoms with E-state index in [1.807, 2.05) is 0 Å². The lowest BCUT2D eigenvalue weighted by molar-refractivity contribution is 0.109. The lowest BCUT2D eigenvalue weighted by Crippen LogP contribution is -2.29. The zero-order chi connectivity index (χ0) is 22.5. The average Bonchev–Trinajstić information content (AvgIpc) is 2.82. The van der Waals surface area contributed by atoms with Crippen molar-refractivity contribution in [3.05, 3.63) is 29.3 Å². The van der Waals surface area contributed by atoms with Crippen molar-refractivity contribution in [1.29, 1.82) is 0 Å². The van der Waals surface area contributed by atoms with Gasteiger partial charge in [-0.2, -0.15) is 0 Å². The predicted octanol–water partition coefficient (Wildman–Crippen LogP) is 8.96. The van der Waals surface area contributed by atoms with Crippen molar-refractivity contribution in [2.24, 2.45) is 29.6 Å². The summed E-state index contributed by atoms with van der Waals surface area (Å²) in [7, 11) is 0. The van der Waals surface area contributed by atoms with Gasteiger partial charge >= 0.3 is 0 Å². The first kappa shape index (κ1) is 24.0. The second-order valence-electron chi connectivity index (χ2n) is 10.9. The molecule has 1 aromatic carbocycles. The summed E-state index contributed by atoms with van der Waals surface area (Å²) < 4.78 is 45.1. The smallest absolute Gasteiger partial charge is 0.228 e. The van der Waals surface area contributed by atoms with E-state index in [2.05, 4.69) is 11.7 Å². The molecule has 0 spiro atoms. The Labute approximate surface area is 192 Å². The van der Waals surface area contributed by atoms with Gasteiger partial charge in [0.15, 0.2) is 17.4 Å². The van der Waals surface area contributed by atoms with Crippen LogP contribution in [0, 0.1) is 41.2 Å². The molecular formula is C28H41F3O. The average molecular weight is 451 g/mol. The molecule has 3 saturated carbocycles. The highest BCUT2D eigenvalue weighted by molar-refractivity contribution is 5.33. The Morgan fingerprint density at radius 2 is 1.16 bits per heavy atom. The standard InChI is InChI=1S/C28H41F3O/c1-2-3-19-4-6-20(7-5-19)21-8-10-22(11-9-21)23-12-14-24(15-13-23)25-16-26(30)28(32-18-29)27(31)17-25/h16-17,19-24H,2-15,18H2,1H3. The first-order valence-electron chi connectivity index (χ1n) is 13.3. The summed E-state index contributed by atoms with van der Waals surface area (Å²) in [6.07, 6.45) is 18.5. The molecule has 0 radical (unpaired) electrons. The van der Waals surface area contributed by atoms with E-state index in [1.165, 1.54) is 76.3 Å². The number of hydrogen-bond acceptors (Lipinski definition) is 1. The number of alkyl halides is 1. The maximum Gasteiger partial charge on any atom is 0.228 e. The molecule has 3 fully saturated rings. The zero-order valence-corrected chi connectivity index (χ0v) is 19.8. The van der Waals surface area contributed by atoms with Gasteiger partial charge in [0.1, 0.15) is 0 Å². The van der Waals surface area contributed by atoms with Gasteiger partial charge in [-0.1, -0.05) is 32.6 Å². The first-order chi connectivity index (χ1) is 15.6. The topological polar surface area (TPSA) is 9.23 Å². The second-order valence-corrected chi connectivity index (χ2v) is 10.9. The summed E-state index contributed by atoms with van der Waals surface area (Å²) in [6.45, 7) is 1.09. The van der Waals surface area contributed by atoms with Gasteiger partial charge in [-0.3, -0.25) is 0 Å². The van der Waals surface area contributed by atoms with Crippen LogP contribution in [0.4, 0.5) is 13.2 Å². The molecule has 3 aliphatic rings. The molecule has 32 heavy (non-hydrogen) atoms. The van der Waals surface area contributed by atoms with Crippen molar-refractivity contribution in [2.75, 3.05) is 6.86 Å². The highest BCUT2D eigenvalue weighted by Gasteiger charge is 2.35. The maximum atomic E-state index is 14.1. The number of benzene rings is 1.